The summed E-state index contributed by atoms with van der Waals surface area (Å²) in [5, 5.41) is 0. The van der Waals surface area contributed by atoms with Crippen LogP contribution in [0.4, 0.5) is 0 Å². The Balaban J connectivity index is 1.21. The van der Waals surface area contributed by atoms with Crippen molar-refractivity contribution >= 4 is 16.9 Å². The fraction of sp³-hybridized carbons (Fsp3) is 0.375. The molecule has 2 aliphatic rings. The maximum absolute atomic E-state index is 12.8. The number of hydrogen-bond donors (Lipinski definition) is 0. The molecule has 1 atom stereocenters. The predicted molar refractivity (Wildman–Crippen MR) is 116 cm³/mol. The number of piperidine rings is 1. The first-order chi connectivity index (χ1) is 15.1. The maximum Gasteiger partial charge on any atom is 0.263 e. The van der Waals surface area contributed by atoms with Crippen molar-refractivity contribution in [3.05, 3.63) is 54.7 Å². The fourth-order valence-electron chi connectivity index (χ4n) is 4.17. The molecule has 1 amide bonds. The van der Waals surface area contributed by atoms with E-state index < -0.39 is 11.9 Å². The second-order valence-electron chi connectivity index (χ2n) is 7.96. The number of hydrogen-bond acceptors (Lipinski definition) is 6. The molecule has 2 fully saturated rings. The Morgan fingerprint density at radius 3 is 2.42 bits per heavy atom. The molecule has 3 aromatic rings. The van der Waals surface area contributed by atoms with Crippen LogP contribution in [0.1, 0.15) is 19.8 Å². The maximum atomic E-state index is 12.8. The Kier molecular flexibility index (Phi) is 5.29. The van der Waals surface area contributed by atoms with Crippen LogP contribution in [-0.2, 0) is 14.3 Å². The molecular weight excluding hydrogens is 394 g/mol. The standard InChI is InChI=1S/C24H25N3O4/c1-17(23(28)27-12-10-24(11-13-27)29-14-15-30-24)31-19-8-6-18(7-9-19)22-16-25-20-4-2-3-5-21(20)26-22/h2-9,16-17H,10-15H2,1H3. The molecule has 7 heteroatoms. The number of aromatic nitrogens is 2. The average Bonchev–Trinajstić information content (AvgIpc) is 3.27. The van der Waals surface area contributed by atoms with Gasteiger partial charge in [-0.15, -0.1) is 0 Å². The number of nitrogens with zero attached hydrogens (tertiary/aromatic N) is 3. The molecule has 0 saturated carbocycles. The molecule has 160 valence electrons. The highest BCUT2D eigenvalue weighted by Crippen LogP contribution is 2.31. The molecular formula is C24H25N3O4. The fourth-order valence-corrected chi connectivity index (χ4v) is 4.17. The number of carbonyl (C=O) groups is 1. The lowest BCUT2D eigenvalue weighted by Crippen LogP contribution is -2.50. The van der Waals surface area contributed by atoms with Gasteiger partial charge in [0, 0.05) is 31.5 Å². The van der Waals surface area contributed by atoms with Gasteiger partial charge in [-0.2, -0.15) is 0 Å². The topological polar surface area (TPSA) is 73.8 Å². The summed E-state index contributed by atoms with van der Waals surface area (Å²) in [4.78, 5) is 23.8. The van der Waals surface area contributed by atoms with Gasteiger partial charge in [-0.05, 0) is 43.3 Å². The van der Waals surface area contributed by atoms with Gasteiger partial charge >= 0.3 is 0 Å². The summed E-state index contributed by atoms with van der Waals surface area (Å²) in [5.41, 5.74) is 3.47. The third-order valence-electron chi connectivity index (χ3n) is 5.91. The van der Waals surface area contributed by atoms with Crippen molar-refractivity contribution in [2.45, 2.75) is 31.7 Å². The number of carbonyl (C=O) groups excluding carboxylic acids is 1. The van der Waals surface area contributed by atoms with E-state index in [-0.39, 0.29) is 5.91 Å². The van der Waals surface area contributed by atoms with Crippen molar-refractivity contribution < 1.29 is 19.0 Å². The van der Waals surface area contributed by atoms with Crippen LogP contribution in [0, 0.1) is 0 Å². The lowest BCUT2D eigenvalue weighted by atomic mass is 10.0. The Hall–Kier alpha value is -3.03. The highest BCUT2D eigenvalue weighted by molar-refractivity contribution is 5.81. The number of para-hydroxylation sites is 2. The summed E-state index contributed by atoms with van der Waals surface area (Å²) in [6.07, 6.45) is 2.61. The van der Waals surface area contributed by atoms with Crippen molar-refractivity contribution in [1.82, 2.24) is 14.9 Å². The van der Waals surface area contributed by atoms with Gasteiger partial charge in [-0.1, -0.05) is 12.1 Å². The zero-order valence-corrected chi connectivity index (χ0v) is 17.5. The minimum absolute atomic E-state index is 0.0164. The van der Waals surface area contributed by atoms with Crippen LogP contribution in [0.2, 0.25) is 0 Å². The van der Waals surface area contributed by atoms with Crippen LogP contribution in [0.3, 0.4) is 0 Å². The van der Waals surface area contributed by atoms with Gasteiger partial charge in [-0.3, -0.25) is 9.78 Å². The molecule has 5 rings (SSSR count). The quantitative estimate of drug-likeness (QED) is 0.645. The van der Waals surface area contributed by atoms with Crippen LogP contribution >= 0.6 is 0 Å². The molecule has 31 heavy (non-hydrogen) atoms. The summed E-state index contributed by atoms with van der Waals surface area (Å²) in [6, 6.07) is 15.4. The van der Waals surface area contributed by atoms with Gasteiger partial charge in [0.2, 0.25) is 0 Å². The minimum atomic E-state index is -0.564. The van der Waals surface area contributed by atoms with E-state index in [1.807, 2.05) is 53.4 Å². The third kappa shape index (κ3) is 4.11. The van der Waals surface area contributed by atoms with Gasteiger partial charge < -0.3 is 19.1 Å². The number of benzene rings is 2. The Morgan fingerprint density at radius 2 is 1.71 bits per heavy atom. The second kappa shape index (κ2) is 8.24. The second-order valence-corrected chi connectivity index (χ2v) is 7.96. The van der Waals surface area contributed by atoms with E-state index in [0.717, 1.165) is 22.3 Å². The molecule has 3 heterocycles. The number of ether oxygens (including phenoxy) is 3. The largest absolute Gasteiger partial charge is 0.481 e. The van der Waals surface area contributed by atoms with Crippen molar-refractivity contribution in [1.29, 1.82) is 0 Å². The number of fused-ring (bicyclic) bond motifs is 1. The number of rotatable bonds is 4. The SMILES string of the molecule is CC(Oc1ccc(-c2cnc3ccccc3n2)cc1)C(=O)N1CCC2(CC1)OCCO2. The van der Waals surface area contributed by atoms with Crippen LogP contribution in [0.25, 0.3) is 22.3 Å². The molecule has 0 radical (unpaired) electrons. The first-order valence-corrected chi connectivity index (χ1v) is 10.7. The van der Waals surface area contributed by atoms with Gasteiger partial charge in [-0.25, -0.2) is 4.98 Å². The van der Waals surface area contributed by atoms with Gasteiger partial charge in [0.25, 0.3) is 5.91 Å². The lowest BCUT2D eigenvalue weighted by molar-refractivity contribution is -0.188. The minimum Gasteiger partial charge on any atom is -0.481 e. The van der Waals surface area contributed by atoms with Gasteiger partial charge in [0.15, 0.2) is 11.9 Å². The average molecular weight is 419 g/mol. The normalized spacial score (nSPS) is 18.9. The van der Waals surface area contributed by atoms with E-state index in [1.54, 1.807) is 13.1 Å². The first kappa shape index (κ1) is 19.9. The van der Waals surface area contributed by atoms with E-state index in [4.69, 9.17) is 14.2 Å². The van der Waals surface area contributed by atoms with Crippen LogP contribution in [-0.4, -0.2) is 59.0 Å². The van der Waals surface area contributed by atoms with Crippen molar-refractivity contribution in [3.8, 4) is 17.0 Å². The summed E-state index contributed by atoms with van der Waals surface area (Å²) >= 11 is 0. The molecule has 0 aliphatic carbocycles. The summed E-state index contributed by atoms with van der Waals surface area (Å²) in [5.74, 6) is 0.147. The molecule has 2 aliphatic heterocycles. The third-order valence-corrected chi connectivity index (χ3v) is 5.91. The summed E-state index contributed by atoms with van der Waals surface area (Å²) in [6.45, 7) is 4.29. The van der Waals surface area contributed by atoms with Crippen LogP contribution in [0.5, 0.6) is 5.75 Å². The first-order valence-electron chi connectivity index (χ1n) is 10.7. The monoisotopic (exact) mass is 419 g/mol. The van der Waals surface area contributed by atoms with Crippen LogP contribution in [0.15, 0.2) is 54.7 Å². The molecule has 2 saturated heterocycles. The zero-order valence-electron chi connectivity index (χ0n) is 17.5. The molecule has 7 nitrogen and oxygen atoms in total. The lowest BCUT2D eigenvalue weighted by Gasteiger charge is -2.38. The zero-order chi connectivity index (χ0) is 21.3. The van der Waals surface area contributed by atoms with E-state index in [1.165, 1.54) is 0 Å². The molecule has 0 bridgehead atoms. The van der Waals surface area contributed by atoms with Crippen molar-refractivity contribution in [2.75, 3.05) is 26.3 Å². The highest BCUT2D eigenvalue weighted by Gasteiger charge is 2.41. The van der Waals surface area contributed by atoms with E-state index in [9.17, 15) is 4.79 Å². The van der Waals surface area contributed by atoms with Gasteiger partial charge in [0.1, 0.15) is 5.75 Å². The van der Waals surface area contributed by atoms with E-state index >= 15 is 0 Å². The Labute approximate surface area is 181 Å². The Bertz CT molecular complexity index is 1070. The van der Waals surface area contributed by atoms with E-state index in [0.29, 0.717) is 44.9 Å². The number of likely N-dealkylation sites (tertiary alicyclic amines) is 1. The summed E-state index contributed by atoms with van der Waals surface area (Å²) in [7, 11) is 0. The summed E-state index contributed by atoms with van der Waals surface area (Å²) < 4.78 is 17.4. The molecule has 0 N–H and O–H groups in total. The van der Waals surface area contributed by atoms with Gasteiger partial charge in [0.05, 0.1) is 36.1 Å². The van der Waals surface area contributed by atoms with Crippen LogP contribution < -0.4 is 4.74 Å². The highest BCUT2D eigenvalue weighted by atomic mass is 16.7. The predicted octanol–water partition coefficient (Wildman–Crippen LogP) is 3.43. The molecule has 1 spiro atoms. The van der Waals surface area contributed by atoms with E-state index in [2.05, 4.69) is 9.97 Å². The molecule has 1 unspecified atom stereocenters. The molecule has 1 aromatic heterocycles. The number of amides is 1. The van der Waals surface area contributed by atoms with Crippen molar-refractivity contribution in [3.63, 3.8) is 0 Å². The molecule has 2 aromatic carbocycles. The Morgan fingerprint density at radius 1 is 1.03 bits per heavy atom. The van der Waals surface area contributed by atoms with Crippen molar-refractivity contribution in [2.24, 2.45) is 0 Å². The smallest absolute Gasteiger partial charge is 0.263 e.